The van der Waals surface area contributed by atoms with Crippen LogP contribution in [0.3, 0.4) is 0 Å². The number of carbonyl (C=O) groups excluding carboxylic acids is 2. The maximum atomic E-state index is 12.3. The fourth-order valence-corrected chi connectivity index (χ4v) is 4.05. The van der Waals surface area contributed by atoms with Crippen LogP contribution in [0.2, 0.25) is 10.0 Å². The Bertz CT molecular complexity index is 1150. The second-order valence-electron chi connectivity index (χ2n) is 5.09. The van der Waals surface area contributed by atoms with E-state index in [1.165, 1.54) is 17.7 Å². The molecule has 1 amide bonds. The van der Waals surface area contributed by atoms with E-state index in [0.717, 1.165) is 23.5 Å². The minimum absolute atomic E-state index is 0.128. The van der Waals surface area contributed by atoms with Gasteiger partial charge in [0.15, 0.2) is 4.80 Å². The van der Waals surface area contributed by atoms with E-state index in [1.54, 1.807) is 6.07 Å². The molecule has 140 valence electrons. The van der Waals surface area contributed by atoms with Crippen LogP contribution in [0.4, 0.5) is 5.88 Å². The van der Waals surface area contributed by atoms with Crippen LogP contribution in [0.15, 0.2) is 33.7 Å². The number of amides is 1. The number of rotatable bonds is 4. The largest absolute Gasteiger partial charge is 0.468 e. The quantitative estimate of drug-likeness (QED) is 0.356. The van der Waals surface area contributed by atoms with E-state index in [0.29, 0.717) is 15.2 Å². The fraction of sp³-hybridized carbons (Fsp3) is 0.133. The van der Waals surface area contributed by atoms with Gasteiger partial charge in [0, 0.05) is 5.02 Å². The van der Waals surface area contributed by atoms with E-state index in [9.17, 15) is 19.7 Å². The van der Waals surface area contributed by atoms with E-state index in [4.69, 9.17) is 27.6 Å². The highest BCUT2D eigenvalue weighted by atomic mass is 35.5. The molecular formula is C15H9Cl2N3O6S. The van der Waals surface area contributed by atoms with Crippen molar-refractivity contribution in [2.24, 2.45) is 4.99 Å². The molecule has 3 rings (SSSR count). The summed E-state index contributed by atoms with van der Waals surface area (Å²) < 4.78 is 11.5. The predicted octanol–water partition coefficient (Wildman–Crippen LogP) is 3.42. The average molecular weight is 430 g/mol. The van der Waals surface area contributed by atoms with E-state index >= 15 is 0 Å². The van der Waals surface area contributed by atoms with Gasteiger partial charge in [0.2, 0.25) is 5.76 Å². The Labute approximate surface area is 164 Å². The summed E-state index contributed by atoms with van der Waals surface area (Å²) in [6.07, 6.45) is 0. The monoisotopic (exact) mass is 429 g/mol. The standard InChI is InChI=1S/C15H9Cl2N3O6S/c1-25-12(21)6-19-13-8(17)4-7(16)5-10(13)27-15(19)18-14(22)9-2-3-11(26-9)20(23)24/h2-5H,6H2,1H3. The van der Waals surface area contributed by atoms with Crippen molar-refractivity contribution in [1.29, 1.82) is 0 Å². The maximum Gasteiger partial charge on any atom is 0.433 e. The lowest BCUT2D eigenvalue weighted by atomic mass is 10.3. The number of nitro groups is 1. The minimum Gasteiger partial charge on any atom is -0.468 e. The second-order valence-corrected chi connectivity index (χ2v) is 6.95. The first-order valence-corrected chi connectivity index (χ1v) is 8.76. The smallest absolute Gasteiger partial charge is 0.433 e. The van der Waals surface area contributed by atoms with Crippen LogP contribution in [-0.2, 0) is 16.1 Å². The van der Waals surface area contributed by atoms with Crippen molar-refractivity contribution >= 4 is 62.5 Å². The summed E-state index contributed by atoms with van der Waals surface area (Å²) in [4.78, 5) is 38.0. The number of fused-ring (bicyclic) bond motifs is 1. The van der Waals surface area contributed by atoms with Gasteiger partial charge >= 0.3 is 17.8 Å². The lowest BCUT2D eigenvalue weighted by Gasteiger charge is -2.05. The Morgan fingerprint density at radius 2 is 2.11 bits per heavy atom. The molecule has 12 heteroatoms. The Hall–Kier alpha value is -2.69. The number of esters is 1. The van der Waals surface area contributed by atoms with Crippen LogP contribution in [0.1, 0.15) is 10.6 Å². The van der Waals surface area contributed by atoms with Gasteiger partial charge in [0.25, 0.3) is 0 Å². The summed E-state index contributed by atoms with van der Waals surface area (Å²) in [5.41, 5.74) is 0.452. The third-order valence-electron chi connectivity index (χ3n) is 3.39. The van der Waals surface area contributed by atoms with Crippen molar-refractivity contribution in [2.45, 2.75) is 6.54 Å². The molecule has 0 radical (unpaired) electrons. The third-order valence-corrected chi connectivity index (χ3v) is 4.92. The zero-order valence-corrected chi connectivity index (χ0v) is 15.8. The van der Waals surface area contributed by atoms with Crippen molar-refractivity contribution in [3.05, 3.63) is 55.0 Å². The van der Waals surface area contributed by atoms with Gasteiger partial charge in [0.05, 0.1) is 28.4 Å². The molecule has 2 aromatic heterocycles. The molecule has 0 aliphatic carbocycles. The van der Waals surface area contributed by atoms with Crippen LogP contribution in [0.5, 0.6) is 0 Å². The fourth-order valence-electron chi connectivity index (χ4n) is 2.24. The van der Waals surface area contributed by atoms with Gasteiger partial charge in [-0.3, -0.25) is 19.7 Å². The molecule has 0 unspecified atom stereocenters. The molecule has 0 saturated heterocycles. The number of hydrogen-bond donors (Lipinski definition) is 0. The van der Waals surface area contributed by atoms with Gasteiger partial charge in [-0.25, -0.2) is 0 Å². The molecule has 0 aliphatic heterocycles. The number of aromatic nitrogens is 1. The number of nitrogens with zero attached hydrogens (tertiary/aromatic N) is 3. The van der Waals surface area contributed by atoms with E-state index in [2.05, 4.69) is 9.73 Å². The van der Waals surface area contributed by atoms with Crippen molar-refractivity contribution in [2.75, 3.05) is 7.11 Å². The molecule has 3 aromatic rings. The van der Waals surface area contributed by atoms with Crippen LogP contribution in [0, 0.1) is 10.1 Å². The molecule has 0 aliphatic rings. The zero-order chi connectivity index (χ0) is 19.7. The molecular weight excluding hydrogens is 421 g/mol. The first-order chi connectivity index (χ1) is 12.8. The number of benzene rings is 1. The summed E-state index contributed by atoms with van der Waals surface area (Å²) in [6, 6.07) is 5.30. The van der Waals surface area contributed by atoms with Crippen molar-refractivity contribution < 1.29 is 23.7 Å². The Balaban J connectivity index is 2.16. The SMILES string of the molecule is COC(=O)Cn1c(=NC(=O)c2ccc([N+](=O)[O-])o2)sc2cc(Cl)cc(Cl)c21. The third kappa shape index (κ3) is 3.87. The molecule has 0 spiro atoms. The number of methoxy groups -OCH3 is 1. The molecule has 0 bridgehead atoms. The van der Waals surface area contributed by atoms with Crippen molar-refractivity contribution in [1.82, 2.24) is 4.57 Å². The van der Waals surface area contributed by atoms with Crippen LogP contribution < -0.4 is 4.80 Å². The summed E-state index contributed by atoms with van der Waals surface area (Å²) in [5.74, 6) is -2.33. The van der Waals surface area contributed by atoms with Gasteiger partial charge in [-0.05, 0) is 18.2 Å². The number of carbonyl (C=O) groups is 2. The normalized spacial score (nSPS) is 11.7. The van der Waals surface area contributed by atoms with Crippen LogP contribution >= 0.6 is 34.5 Å². The molecule has 27 heavy (non-hydrogen) atoms. The number of ether oxygens (including phenoxy) is 1. The summed E-state index contributed by atoms with van der Waals surface area (Å²) >= 11 is 13.3. The first kappa shape index (κ1) is 19.1. The van der Waals surface area contributed by atoms with Gasteiger partial charge in [-0.2, -0.15) is 4.99 Å². The van der Waals surface area contributed by atoms with Crippen LogP contribution in [0.25, 0.3) is 10.2 Å². The highest BCUT2D eigenvalue weighted by Gasteiger charge is 2.19. The van der Waals surface area contributed by atoms with Gasteiger partial charge in [-0.1, -0.05) is 34.5 Å². The van der Waals surface area contributed by atoms with E-state index in [-0.39, 0.29) is 22.1 Å². The Kier molecular flexibility index (Phi) is 5.31. The molecule has 0 fully saturated rings. The zero-order valence-electron chi connectivity index (χ0n) is 13.5. The van der Waals surface area contributed by atoms with Crippen molar-refractivity contribution in [3.63, 3.8) is 0 Å². The summed E-state index contributed by atoms with van der Waals surface area (Å²) in [6.45, 7) is -0.248. The lowest BCUT2D eigenvalue weighted by Crippen LogP contribution is -2.22. The number of thiazole rings is 1. The molecule has 1 aromatic carbocycles. The first-order valence-electron chi connectivity index (χ1n) is 7.18. The number of furan rings is 1. The van der Waals surface area contributed by atoms with Gasteiger partial charge < -0.3 is 13.7 Å². The van der Waals surface area contributed by atoms with Gasteiger partial charge in [0.1, 0.15) is 11.5 Å². The molecule has 0 N–H and O–H groups in total. The predicted molar refractivity (Wildman–Crippen MR) is 97.1 cm³/mol. The number of halogens is 2. The van der Waals surface area contributed by atoms with E-state index < -0.39 is 22.7 Å². The topological polar surface area (TPSA) is 117 Å². The second kappa shape index (κ2) is 7.51. The van der Waals surface area contributed by atoms with Crippen LogP contribution in [-0.4, -0.2) is 28.5 Å². The highest BCUT2D eigenvalue weighted by Crippen LogP contribution is 2.29. The molecule has 0 atom stereocenters. The summed E-state index contributed by atoms with van der Waals surface area (Å²) in [7, 11) is 1.22. The lowest BCUT2D eigenvalue weighted by molar-refractivity contribution is -0.402. The molecule has 2 heterocycles. The summed E-state index contributed by atoms with van der Waals surface area (Å²) in [5, 5.41) is 11.3. The molecule has 9 nitrogen and oxygen atoms in total. The average Bonchev–Trinajstić information content (AvgIpc) is 3.20. The van der Waals surface area contributed by atoms with Crippen molar-refractivity contribution in [3.8, 4) is 0 Å². The minimum atomic E-state index is -0.851. The number of hydrogen-bond acceptors (Lipinski definition) is 7. The highest BCUT2D eigenvalue weighted by molar-refractivity contribution is 7.16. The Morgan fingerprint density at radius 1 is 1.37 bits per heavy atom. The van der Waals surface area contributed by atoms with E-state index in [1.807, 2.05) is 0 Å². The molecule has 0 saturated carbocycles. The Morgan fingerprint density at radius 3 is 2.74 bits per heavy atom. The van der Waals surface area contributed by atoms with Gasteiger partial charge in [-0.15, -0.1) is 0 Å². The maximum absolute atomic E-state index is 12.3.